The molecule has 3 heterocycles. The smallest absolute Gasteiger partial charge is 0.414 e. The van der Waals surface area contributed by atoms with Crippen molar-refractivity contribution in [3.8, 4) is 0 Å². The molecular weight excluding hydrogens is 546 g/mol. The number of ether oxygens (including phenoxy) is 1. The van der Waals surface area contributed by atoms with Crippen molar-refractivity contribution < 1.29 is 36.7 Å². The zero-order valence-electron chi connectivity index (χ0n) is 23.3. The molecule has 4 rings (SSSR count). The lowest BCUT2D eigenvalue weighted by Gasteiger charge is -2.44. The first kappa shape index (κ1) is 30.2. The van der Waals surface area contributed by atoms with E-state index in [0.29, 0.717) is 49.6 Å². The maximum Gasteiger partial charge on any atom is 0.414 e. The molecule has 1 fully saturated rings. The number of halogens is 4. The molecule has 3 aliphatic rings. The van der Waals surface area contributed by atoms with Crippen LogP contribution in [-0.4, -0.2) is 92.0 Å². The average Bonchev–Trinajstić information content (AvgIpc) is 2.91. The third-order valence-corrected chi connectivity index (χ3v) is 7.64. The molecule has 1 aromatic rings. The Bertz CT molecular complexity index is 1300. The molecule has 1 saturated heterocycles. The zero-order chi connectivity index (χ0) is 30.1. The quantitative estimate of drug-likeness (QED) is 0.525. The van der Waals surface area contributed by atoms with Gasteiger partial charge in [0.1, 0.15) is 11.7 Å². The number of anilines is 2. The van der Waals surface area contributed by atoms with Crippen LogP contribution in [-0.2, 0) is 14.3 Å². The Morgan fingerprint density at radius 1 is 1.17 bits per heavy atom. The van der Waals surface area contributed by atoms with Crippen LogP contribution in [0.15, 0.2) is 34.9 Å². The fourth-order valence-electron chi connectivity index (χ4n) is 5.25. The number of piperazine rings is 1. The van der Waals surface area contributed by atoms with E-state index in [1.165, 1.54) is 17.0 Å². The van der Waals surface area contributed by atoms with Crippen LogP contribution in [0, 0.1) is 11.7 Å². The Labute approximate surface area is 235 Å². The fraction of sp³-hybridized carbons (Fsp3) is 0.500. The minimum Gasteiger partial charge on any atom is -0.450 e. The number of nitrogens with zero attached hydrogens (tertiary/aromatic N) is 4. The second kappa shape index (κ2) is 12.0. The first-order valence-corrected chi connectivity index (χ1v) is 13.4. The molecule has 1 unspecified atom stereocenters. The van der Waals surface area contributed by atoms with Crippen LogP contribution in [0.1, 0.15) is 32.8 Å². The van der Waals surface area contributed by atoms with E-state index in [-0.39, 0.29) is 36.5 Å². The Hall–Kier alpha value is -3.74. The van der Waals surface area contributed by atoms with E-state index in [1.54, 1.807) is 13.0 Å². The van der Waals surface area contributed by atoms with E-state index in [1.807, 2.05) is 25.8 Å². The number of carbonyl (C=O) groups excluding carboxylic acids is 3. The number of carbonyl (C=O) groups is 3. The largest absolute Gasteiger partial charge is 0.450 e. The maximum atomic E-state index is 15.7. The highest BCUT2D eigenvalue weighted by molar-refractivity contribution is 6.11. The average molecular weight is 580 g/mol. The summed E-state index contributed by atoms with van der Waals surface area (Å²) >= 11 is 0. The Balaban J connectivity index is 1.73. The third kappa shape index (κ3) is 6.61. The molecule has 3 aliphatic heterocycles. The summed E-state index contributed by atoms with van der Waals surface area (Å²) in [5.74, 6) is -4.64. The SMILES string of the molecule is CCOC(=O)N1CCC=C(c2cc(NC(=O)C3C=NC(=O)C=C3C(F)(F)F)c(N3C[C@@H](C)N(C)[C@@H](C)C3)cc2F)C1. The number of amides is 3. The van der Waals surface area contributed by atoms with Gasteiger partial charge in [0.15, 0.2) is 0 Å². The van der Waals surface area contributed by atoms with Crippen molar-refractivity contribution in [1.82, 2.24) is 9.80 Å². The summed E-state index contributed by atoms with van der Waals surface area (Å²) in [6.07, 6.45) is -2.28. The van der Waals surface area contributed by atoms with Gasteiger partial charge in [-0.2, -0.15) is 13.2 Å². The first-order valence-electron chi connectivity index (χ1n) is 13.4. The molecule has 41 heavy (non-hydrogen) atoms. The van der Waals surface area contributed by atoms with Gasteiger partial charge in [-0.1, -0.05) is 6.08 Å². The van der Waals surface area contributed by atoms with E-state index in [2.05, 4.69) is 15.2 Å². The normalized spacial score (nSPS) is 23.7. The predicted octanol–water partition coefficient (Wildman–Crippen LogP) is 4.25. The molecule has 1 aromatic carbocycles. The van der Waals surface area contributed by atoms with Crippen LogP contribution in [0.2, 0.25) is 0 Å². The minimum atomic E-state index is -4.94. The van der Waals surface area contributed by atoms with E-state index < -0.39 is 41.4 Å². The van der Waals surface area contributed by atoms with Crippen LogP contribution in [0.4, 0.5) is 33.7 Å². The van der Waals surface area contributed by atoms with Gasteiger partial charge in [0.2, 0.25) is 5.91 Å². The summed E-state index contributed by atoms with van der Waals surface area (Å²) in [4.78, 5) is 46.0. The summed E-state index contributed by atoms with van der Waals surface area (Å²) in [6, 6.07) is 2.79. The predicted molar refractivity (Wildman–Crippen MR) is 146 cm³/mol. The summed E-state index contributed by atoms with van der Waals surface area (Å²) in [5, 5.41) is 2.56. The van der Waals surface area contributed by atoms with Crippen LogP contribution < -0.4 is 10.2 Å². The molecule has 0 aromatic heterocycles. The topological polar surface area (TPSA) is 94.5 Å². The lowest BCUT2D eigenvalue weighted by molar-refractivity contribution is -0.124. The van der Waals surface area contributed by atoms with Crippen molar-refractivity contribution in [2.45, 2.75) is 45.5 Å². The molecule has 3 amide bonds. The van der Waals surface area contributed by atoms with E-state index in [4.69, 9.17) is 4.74 Å². The second-order valence-electron chi connectivity index (χ2n) is 10.4. The molecule has 0 radical (unpaired) electrons. The van der Waals surface area contributed by atoms with E-state index in [9.17, 15) is 27.6 Å². The lowest BCUT2D eigenvalue weighted by atomic mass is 9.95. The van der Waals surface area contributed by atoms with E-state index >= 15 is 4.39 Å². The van der Waals surface area contributed by atoms with Gasteiger partial charge in [0, 0.05) is 56.1 Å². The molecule has 9 nitrogen and oxygen atoms in total. The third-order valence-electron chi connectivity index (χ3n) is 7.64. The molecule has 0 spiro atoms. The monoisotopic (exact) mass is 579 g/mol. The Morgan fingerprint density at radius 3 is 2.49 bits per heavy atom. The number of nitrogens with one attached hydrogen (secondary N) is 1. The highest BCUT2D eigenvalue weighted by Gasteiger charge is 2.43. The number of aliphatic imine (C=N–C) groups is 1. The molecule has 1 N–H and O–H groups in total. The van der Waals surface area contributed by atoms with Gasteiger partial charge >= 0.3 is 12.3 Å². The van der Waals surface area contributed by atoms with Crippen LogP contribution >= 0.6 is 0 Å². The molecule has 3 atom stereocenters. The van der Waals surface area contributed by atoms with Crippen LogP contribution in [0.5, 0.6) is 0 Å². The number of dihydropyridines is 1. The summed E-state index contributed by atoms with van der Waals surface area (Å²) in [7, 11) is 1.97. The molecular formula is C28H33F4N5O4. The van der Waals surface area contributed by atoms with Gasteiger partial charge in [0.05, 0.1) is 23.6 Å². The van der Waals surface area contributed by atoms with Crippen molar-refractivity contribution in [2.75, 3.05) is 50.1 Å². The van der Waals surface area contributed by atoms with Crippen molar-refractivity contribution >= 4 is 41.1 Å². The van der Waals surface area contributed by atoms with Gasteiger partial charge in [-0.05, 0) is 51.9 Å². The first-order chi connectivity index (χ1) is 19.3. The Morgan fingerprint density at radius 2 is 1.85 bits per heavy atom. The molecule has 0 aliphatic carbocycles. The summed E-state index contributed by atoms with van der Waals surface area (Å²) < 4.78 is 61.9. The van der Waals surface area contributed by atoms with Crippen molar-refractivity contribution in [1.29, 1.82) is 0 Å². The van der Waals surface area contributed by atoms with Crippen molar-refractivity contribution in [2.24, 2.45) is 10.9 Å². The Kier molecular flexibility index (Phi) is 8.86. The number of hydrogen-bond donors (Lipinski definition) is 1. The van der Waals surface area contributed by atoms with Gasteiger partial charge in [0.25, 0.3) is 5.91 Å². The number of benzene rings is 1. The second-order valence-corrected chi connectivity index (χ2v) is 10.4. The van der Waals surface area contributed by atoms with Gasteiger partial charge in [-0.15, -0.1) is 0 Å². The molecule has 0 saturated carbocycles. The number of hydrogen-bond acceptors (Lipinski definition) is 6. The van der Waals surface area contributed by atoms with Crippen LogP contribution in [0.25, 0.3) is 5.57 Å². The highest BCUT2D eigenvalue weighted by atomic mass is 19.4. The fourth-order valence-corrected chi connectivity index (χ4v) is 5.25. The number of rotatable bonds is 5. The molecule has 0 bridgehead atoms. The molecule has 222 valence electrons. The number of likely N-dealkylation sites (N-methyl/N-ethyl adjacent to an activating group) is 1. The van der Waals surface area contributed by atoms with Crippen molar-refractivity contribution in [3.05, 3.63) is 41.2 Å². The van der Waals surface area contributed by atoms with Gasteiger partial charge in [-0.25, -0.2) is 14.2 Å². The minimum absolute atomic E-state index is 0.0589. The number of alkyl halides is 3. The highest BCUT2D eigenvalue weighted by Crippen LogP contribution is 2.37. The maximum absolute atomic E-state index is 15.7. The van der Waals surface area contributed by atoms with Crippen LogP contribution in [0.3, 0.4) is 0 Å². The van der Waals surface area contributed by atoms with Gasteiger partial charge in [-0.3, -0.25) is 14.5 Å². The van der Waals surface area contributed by atoms with E-state index in [0.717, 1.165) is 0 Å². The standard InChI is InChI=1S/C28H33F4N5O4/c1-5-41-27(40)36-8-6-7-18(15-36)19-9-23(24(11-22(19)29)37-13-16(2)35(4)17(3)14-37)34-26(39)20-12-33-25(38)10-21(20)28(30,31)32/h7,9-12,16-17,20H,5-6,8,13-15H2,1-4H3,(H,34,39)/t16-,17+,20?. The van der Waals surface area contributed by atoms with Crippen molar-refractivity contribution in [3.63, 3.8) is 0 Å². The summed E-state index contributed by atoms with van der Waals surface area (Å²) in [5.41, 5.74) is -0.333. The zero-order valence-corrected chi connectivity index (χ0v) is 23.3. The lowest BCUT2D eigenvalue weighted by Crippen LogP contribution is -2.55. The van der Waals surface area contributed by atoms with Gasteiger partial charge < -0.3 is 19.9 Å². The molecule has 13 heteroatoms. The summed E-state index contributed by atoms with van der Waals surface area (Å²) in [6.45, 7) is 7.26.